The average Bonchev–Trinajstić information content (AvgIpc) is 2.25. The van der Waals surface area contributed by atoms with Crippen LogP contribution < -0.4 is 4.90 Å². The Balaban J connectivity index is 3.16. The third-order valence-electron chi connectivity index (χ3n) is 2.48. The van der Waals surface area contributed by atoms with Crippen LogP contribution in [0, 0.1) is 6.92 Å². The van der Waals surface area contributed by atoms with E-state index in [4.69, 9.17) is 10.2 Å². The van der Waals surface area contributed by atoms with Crippen LogP contribution in [0.5, 0.6) is 0 Å². The second-order valence-corrected chi connectivity index (χ2v) is 3.63. The van der Waals surface area contributed by atoms with Gasteiger partial charge in [-0.25, -0.2) is 4.79 Å². The average molecular weight is 223 g/mol. The van der Waals surface area contributed by atoms with E-state index in [0.29, 0.717) is 18.8 Å². The van der Waals surface area contributed by atoms with Gasteiger partial charge in [0.15, 0.2) is 0 Å². The van der Waals surface area contributed by atoms with Gasteiger partial charge in [-0.1, -0.05) is 6.07 Å². The number of benzene rings is 1. The normalized spacial score (nSPS) is 10.2. The Morgan fingerprint density at radius 3 is 2.62 bits per heavy atom. The molecule has 1 aromatic carbocycles. The highest BCUT2D eigenvalue weighted by Crippen LogP contribution is 2.22. The predicted octanol–water partition coefficient (Wildman–Crippen LogP) is 1.51. The van der Waals surface area contributed by atoms with Crippen molar-refractivity contribution >= 4 is 11.7 Å². The van der Waals surface area contributed by atoms with Crippen molar-refractivity contribution in [3.63, 3.8) is 0 Å². The van der Waals surface area contributed by atoms with Gasteiger partial charge in [0.2, 0.25) is 0 Å². The molecule has 4 nitrogen and oxygen atoms in total. The Bertz CT molecular complexity index is 377. The molecule has 1 aromatic rings. The molecule has 0 fully saturated rings. The smallest absolute Gasteiger partial charge is 0.337 e. The minimum Gasteiger partial charge on any atom is -0.478 e. The molecule has 4 heteroatoms. The number of hydrogen-bond acceptors (Lipinski definition) is 3. The highest BCUT2D eigenvalue weighted by Gasteiger charge is 2.14. The van der Waals surface area contributed by atoms with E-state index in [1.54, 1.807) is 12.1 Å². The van der Waals surface area contributed by atoms with E-state index < -0.39 is 5.97 Å². The number of anilines is 1. The lowest BCUT2D eigenvalue weighted by molar-refractivity contribution is 0.0697. The summed E-state index contributed by atoms with van der Waals surface area (Å²) in [5, 5.41) is 18.0. The first-order valence-electron chi connectivity index (χ1n) is 5.30. The van der Waals surface area contributed by atoms with E-state index in [2.05, 4.69) is 0 Å². The number of aromatic carboxylic acids is 1. The molecule has 0 aliphatic rings. The molecule has 0 radical (unpaired) electrons. The van der Waals surface area contributed by atoms with Crippen LogP contribution in [0.25, 0.3) is 0 Å². The lowest BCUT2D eigenvalue weighted by Gasteiger charge is -2.24. The van der Waals surface area contributed by atoms with Crippen molar-refractivity contribution in [1.82, 2.24) is 0 Å². The molecule has 1 rings (SSSR count). The van der Waals surface area contributed by atoms with E-state index in [1.807, 2.05) is 24.8 Å². The van der Waals surface area contributed by atoms with Gasteiger partial charge >= 0.3 is 5.97 Å². The second kappa shape index (κ2) is 5.51. The number of hydrogen-bond donors (Lipinski definition) is 2. The molecule has 88 valence electrons. The number of aliphatic hydroxyl groups excluding tert-OH is 1. The van der Waals surface area contributed by atoms with Crippen LogP contribution >= 0.6 is 0 Å². The number of carboxylic acid groups (broad SMARTS) is 1. The van der Waals surface area contributed by atoms with Gasteiger partial charge in [0, 0.05) is 13.1 Å². The second-order valence-electron chi connectivity index (χ2n) is 3.63. The van der Waals surface area contributed by atoms with Gasteiger partial charge in [-0.3, -0.25) is 0 Å². The molecule has 0 aliphatic heterocycles. The van der Waals surface area contributed by atoms with E-state index >= 15 is 0 Å². The molecule has 0 saturated carbocycles. The van der Waals surface area contributed by atoms with Crippen molar-refractivity contribution in [2.45, 2.75) is 13.8 Å². The van der Waals surface area contributed by atoms with Crippen molar-refractivity contribution in [3.8, 4) is 0 Å². The van der Waals surface area contributed by atoms with E-state index in [-0.39, 0.29) is 12.2 Å². The highest BCUT2D eigenvalue weighted by molar-refractivity contribution is 5.94. The van der Waals surface area contributed by atoms with Crippen LogP contribution in [-0.4, -0.2) is 35.9 Å². The summed E-state index contributed by atoms with van der Waals surface area (Å²) in [7, 11) is 0. The molecular formula is C12H17NO3. The summed E-state index contributed by atoms with van der Waals surface area (Å²) in [5.41, 5.74) is 1.96. The first-order valence-corrected chi connectivity index (χ1v) is 5.30. The number of aliphatic hydroxyl groups is 1. The third kappa shape index (κ3) is 2.73. The standard InChI is InChI=1S/C12H17NO3/c1-3-13(6-7-14)11-8-9(2)4-5-10(11)12(15)16/h4-5,8,14H,3,6-7H2,1-2H3,(H,15,16). The molecule has 0 aromatic heterocycles. The number of carboxylic acids is 1. The molecule has 0 bridgehead atoms. The van der Waals surface area contributed by atoms with Crippen LogP contribution in [0.2, 0.25) is 0 Å². The first kappa shape index (κ1) is 12.5. The van der Waals surface area contributed by atoms with Crippen molar-refractivity contribution in [3.05, 3.63) is 29.3 Å². The van der Waals surface area contributed by atoms with Crippen LogP contribution in [0.15, 0.2) is 18.2 Å². The number of rotatable bonds is 5. The molecule has 0 amide bonds. The summed E-state index contributed by atoms with van der Waals surface area (Å²) in [6.07, 6.45) is 0. The maximum Gasteiger partial charge on any atom is 0.337 e. The lowest BCUT2D eigenvalue weighted by Crippen LogP contribution is -2.28. The minimum absolute atomic E-state index is 0.0147. The molecule has 0 spiro atoms. The van der Waals surface area contributed by atoms with Crippen molar-refractivity contribution in [2.24, 2.45) is 0 Å². The SMILES string of the molecule is CCN(CCO)c1cc(C)ccc1C(=O)O. The fraction of sp³-hybridized carbons (Fsp3) is 0.417. The Kier molecular flexibility index (Phi) is 4.31. The maximum atomic E-state index is 11.1. The Labute approximate surface area is 95.1 Å². The van der Waals surface area contributed by atoms with Crippen LogP contribution in [0.1, 0.15) is 22.8 Å². The summed E-state index contributed by atoms with van der Waals surface area (Å²) in [6, 6.07) is 5.22. The van der Waals surface area contributed by atoms with Gasteiger partial charge in [-0.05, 0) is 31.5 Å². The molecule has 0 aliphatic carbocycles. The summed E-state index contributed by atoms with van der Waals surface area (Å²) in [4.78, 5) is 12.9. The number of aryl methyl sites for hydroxylation is 1. The molecule has 0 unspecified atom stereocenters. The molecular weight excluding hydrogens is 206 g/mol. The number of carbonyl (C=O) groups is 1. The van der Waals surface area contributed by atoms with E-state index in [1.165, 1.54) is 0 Å². The number of nitrogens with zero attached hydrogens (tertiary/aromatic N) is 1. The summed E-state index contributed by atoms with van der Waals surface area (Å²) in [5.74, 6) is -0.939. The fourth-order valence-electron chi connectivity index (χ4n) is 1.65. The predicted molar refractivity (Wildman–Crippen MR) is 63.1 cm³/mol. The molecule has 0 heterocycles. The Morgan fingerprint density at radius 2 is 2.12 bits per heavy atom. The lowest BCUT2D eigenvalue weighted by atomic mass is 10.1. The highest BCUT2D eigenvalue weighted by atomic mass is 16.4. The summed E-state index contributed by atoms with van der Waals surface area (Å²) >= 11 is 0. The molecule has 2 N–H and O–H groups in total. The molecule has 16 heavy (non-hydrogen) atoms. The zero-order valence-electron chi connectivity index (χ0n) is 9.60. The first-order chi connectivity index (χ1) is 7.60. The van der Waals surface area contributed by atoms with Crippen LogP contribution in [0.3, 0.4) is 0 Å². The van der Waals surface area contributed by atoms with Crippen molar-refractivity contribution in [1.29, 1.82) is 0 Å². The Morgan fingerprint density at radius 1 is 1.44 bits per heavy atom. The summed E-state index contributed by atoms with van der Waals surface area (Å²) in [6.45, 7) is 4.98. The summed E-state index contributed by atoms with van der Waals surface area (Å²) < 4.78 is 0. The van der Waals surface area contributed by atoms with Crippen molar-refractivity contribution in [2.75, 3.05) is 24.6 Å². The third-order valence-corrected chi connectivity index (χ3v) is 2.48. The van der Waals surface area contributed by atoms with E-state index in [9.17, 15) is 4.79 Å². The maximum absolute atomic E-state index is 11.1. The molecule has 0 atom stereocenters. The molecule has 0 saturated heterocycles. The number of likely N-dealkylation sites (N-methyl/N-ethyl adjacent to an activating group) is 1. The van der Waals surface area contributed by atoms with Gasteiger partial charge in [0.05, 0.1) is 17.9 Å². The Hall–Kier alpha value is -1.55. The largest absolute Gasteiger partial charge is 0.478 e. The monoisotopic (exact) mass is 223 g/mol. The topological polar surface area (TPSA) is 60.8 Å². The zero-order valence-corrected chi connectivity index (χ0v) is 9.60. The van der Waals surface area contributed by atoms with Crippen molar-refractivity contribution < 1.29 is 15.0 Å². The van der Waals surface area contributed by atoms with Crippen LogP contribution in [-0.2, 0) is 0 Å². The van der Waals surface area contributed by atoms with Gasteiger partial charge < -0.3 is 15.1 Å². The quantitative estimate of drug-likeness (QED) is 0.794. The minimum atomic E-state index is -0.939. The fourth-order valence-corrected chi connectivity index (χ4v) is 1.65. The van der Waals surface area contributed by atoms with E-state index in [0.717, 1.165) is 5.56 Å². The van der Waals surface area contributed by atoms with Gasteiger partial charge in [0.25, 0.3) is 0 Å². The van der Waals surface area contributed by atoms with Gasteiger partial charge in [-0.15, -0.1) is 0 Å². The van der Waals surface area contributed by atoms with Gasteiger partial charge in [0.1, 0.15) is 0 Å². The van der Waals surface area contributed by atoms with Gasteiger partial charge in [-0.2, -0.15) is 0 Å². The van der Waals surface area contributed by atoms with Crippen LogP contribution in [0.4, 0.5) is 5.69 Å². The zero-order chi connectivity index (χ0) is 12.1.